The minimum absolute atomic E-state index is 0.0698. The number of fused-ring (bicyclic) bond motifs is 1. The van der Waals surface area contributed by atoms with Crippen LogP contribution in [-0.4, -0.2) is 11.1 Å². The topological polar surface area (TPSA) is 55.1 Å². The van der Waals surface area contributed by atoms with Gasteiger partial charge in [0.1, 0.15) is 5.69 Å². The summed E-state index contributed by atoms with van der Waals surface area (Å²) < 4.78 is 5.26. The summed E-state index contributed by atoms with van der Waals surface area (Å²) >= 11 is 0. The van der Waals surface area contributed by atoms with Crippen LogP contribution in [0.4, 0.5) is 5.69 Å². The Bertz CT molecular complexity index is 814. The first-order chi connectivity index (χ1) is 11.2. The van der Waals surface area contributed by atoms with Crippen LogP contribution in [0.5, 0.6) is 0 Å². The summed E-state index contributed by atoms with van der Waals surface area (Å²) in [7, 11) is 0. The van der Waals surface area contributed by atoms with E-state index >= 15 is 0 Å². The molecule has 0 aliphatic carbocycles. The summed E-state index contributed by atoms with van der Waals surface area (Å²) in [6, 6.07) is 13.7. The molecule has 0 saturated heterocycles. The van der Waals surface area contributed by atoms with E-state index in [1.807, 2.05) is 30.3 Å². The van der Waals surface area contributed by atoms with Crippen LogP contribution in [0.1, 0.15) is 30.7 Å². The summed E-state index contributed by atoms with van der Waals surface area (Å²) in [5.74, 6) is -0.0698. The molecule has 0 fully saturated rings. The van der Waals surface area contributed by atoms with Gasteiger partial charge in [0.2, 0.25) is 5.91 Å². The Balaban J connectivity index is 1.83. The second-order valence-corrected chi connectivity index (χ2v) is 5.51. The van der Waals surface area contributed by atoms with Crippen LogP contribution in [0.2, 0.25) is 0 Å². The van der Waals surface area contributed by atoms with Gasteiger partial charge in [-0.25, -0.2) is 0 Å². The van der Waals surface area contributed by atoms with Crippen molar-refractivity contribution in [2.45, 2.75) is 33.1 Å². The fourth-order valence-corrected chi connectivity index (χ4v) is 2.80. The highest BCUT2D eigenvalue weighted by molar-refractivity contribution is 5.95. The van der Waals surface area contributed by atoms with Gasteiger partial charge in [0.25, 0.3) is 0 Å². The third-order valence-corrected chi connectivity index (χ3v) is 4.04. The zero-order valence-corrected chi connectivity index (χ0v) is 13.4. The molecule has 0 unspecified atom stereocenters. The van der Waals surface area contributed by atoms with Gasteiger partial charge in [-0.1, -0.05) is 49.3 Å². The van der Waals surface area contributed by atoms with E-state index < -0.39 is 0 Å². The van der Waals surface area contributed by atoms with E-state index in [1.165, 1.54) is 0 Å². The molecule has 0 radical (unpaired) electrons. The minimum Gasteiger partial charge on any atom is -0.356 e. The number of aromatic nitrogens is 1. The number of nitrogens with one attached hydrogen (secondary N) is 1. The Morgan fingerprint density at radius 2 is 1.74 bits per heavy atom. The van der Waals surface area contributed by atoms with E-state index in [4.69, 9.17) is 4.52 Å². The zero-order valence-electron chi connectivity index (χ0n) is 13.4. The van der Waals surface area contributed by atoms with Crippen molar-refractivity contribution in [2.24, 2.45) is 0 Å². The van der Waals surface area contributed by atoms with E-state index in [2.05, 4.69) is 36.5 Å². The van der Waals surface area contributed by atoms with Crippen LogP contribution in [0.3, 0.4) is 0 Å². The zero-order chi connectivity index (χ0) is 16.2. The van der Waals surface area contributed by atoms with Gasteiger partial charge in [-0.3, -0.25) is 4.79 Å². The van der Waals surface area contributed by atoms with Gasteiger partial charge in [-0.2, -0.15) is 0 Å². The molecule has 0 spiro atoms. The third kappa shape index (κ3) is 3.11. The molecule has 0 bridgehead atoms. The van der Waals surface area contributed by atoms with Crippen molar-refractivity contribution in [1.82, 2.24) is 5.16 Å². The minimum atomic E-state index is -0.0698. The average Bonchev–Trinajstić information content (AvgIpc) is 2.98. The summed E-state index contributed by atoms with van der Waals surface area (Å²) in [5.41, 5.74) is 4.63. The van der Waals surface area contributed by atoms with Crippen LogP contribution in [-0.2, 0) is 24.1 Å². The second-order valence-electron chi connectivity index (χ2n) is 5.51. The maximum atomic E-state index is 12.5. The van der Waals surface area contributed by atoms with E-state index in [0.717, 1.165) is 35.0 Å². The molecular formula is C19H20N2O2. The van der Waals surface area contributed by atoms with Gasteiger partial charge in [0.15, 0.2) is 5.58 Å². The maximum absolute atomic E-state index is 12.5. The highest BCUT2D eigenvalue weighted by Gasteiger charge is 2.14. The van der Waals surface area contributed by atoms with Crippen molar-refractivity contribution in [3.05, 3.63) is 59.3 Å². The first-order valence-corrected chi connectivity index (χ1v) is 7.96. The molecule has 4 heteroatoms. The molecule has 1 N–H and O–H groups in total. The van der Waals surface area contributed by atoms with Crippen LogP contribution >= 0.6 is 0 Å². The number of carbonyl (C=O) groups is 1. The molecule has 2 aromatic carbocycles. The van der Waals surface area contributed by atoms with Crippen molar-refractivity contribution in [2.75, 3.05) is 5.32 Å². The average molecular weight is 308 g/mol. The SMILES string of the molecule is CCc1cccc(CC)c1NC(=O)Cc1noc2ccccc12. The lowest BCUT2D eigenvalue weighted by Gasteiger charge is -2.14. The number of hydrogen-bond donors (Lipinski definition) is 1. The molecule has 3 aromatic rings. The fraction of sp³-hybridized carbons (Fsp3) is 0.263. The lowest BCUT2D eigenvalue weighted by atomic mass is 10.0. The summed E-state index contributed by atoms with van der Waals surface area (Å²) in [6.07, 6.45) is 1.98. The largest absolute Gasteiger partial charge is 0.356 e. The van der Waals surface area contributed by atoms with Crippen LogP contribution in [0, 0.1) is 0 Å². The maximum Gasteiger partial charge on any atom is 0.230 e. The number of aryl methyl sites for hydroxylation is 2. The molecule has 3 rings (SSSR count). The number of para-hydroxylation sites is 2. The molecule has 23 heavy (non-hydrogen) atoms. The lowest BCUT2D eigenvalue weighted by Crippen LogP contribution is -2.17. The molecule has 1 aromatic heterocycles. The van der Waals surface area contributed by atoms with Crippen LogP contribution in [0.15, 0.2) is 47.0 Å². The predicted octanol–water partition coefficient (Wildman–Crippen LogP) is 4.13. The Morgan fingerprint density at radius 1 is 1.04 bits per heavy atom. The molecular weight excluding hydrogens is 288 g/mol. The number of hydrogen-bond acceptors (Lipinski definition) is 3. The Morgan fingerprint density at radius 3 is 2.43 bits per heavy atom. The normalized spacial score (nSPS) is 10.9. The molecule has 0 atom stereocenters. The lowest BCUT2D eigenvalue weighted by molar-refractivity contribution is -0.115. The van der Waals surface area contributed by atoms with Gasteiger partial charge in [0, 0.05) is 11.1 Å². The number of benzene rings is 2. The fourth-order valence-electron chi connectivity index (χ4n) is 2.80. The quantitative estimate of drug-likeness (QED) is 0.771. The molecule has 1 heterocycles. The number of amides is 1. The smallest absolute Gasteiger partial charge is 0.230 e. The molecule has 1 amide bonds. The molecule has 118 valence electrons. The number of anilines is 1. The summed E-state index contributed by atoms with van der Waals surface area (Å²) in [6.45, 7) is 4.19. The first kappa shape index (κ1) is 15.3. The monoisotopic (exact) mass is 308 g/mol. The van der Waals surface area contributed by atoms with E-state index in [0.29, 0.717) is 11.3 Å². The van der Waals surface area contributed by atoms with Gasteiger partial charge >= 0.3 is 0 Å². The van der Waals surface area contributed by atoms with Crippen LogP contribution < -0.4 is 5.32 Å². The van der Waals surface area contributed by atoms with Crippen molar-refractivity contribution >= 4 is 22.6 Å². The van der Waals surface area contributed by atoms with Gasteiger partial charge in [-0.05, 0) is 36.1 Å². The first-order valence-electron chi connectivity index (χ1n) is 7.96. The van der Waals surface area contributed by atoms with Crippen molar-refractivity contribution < 1.29 is 9.32 Å². The number of rotatable bonds is 5. The van der Waals surface area contributed by atoms with Gasteiger partial charge in [-0.15, -0.1) is 0 Å². The van der Waals surface area contributed by atoms with E-state index in [9.17, 15) is 4.79 Å². The van der Waals surface area contributed by atoms with Gasteiger partial charge < -0.3 is 9.84 Å². The molecule has 0 aliphatic rings. The standard InChI is InChI=1S/C19H20N2O2/c1-3-13-8-7-9-14(4-2)19(13)20-18(22)12-16-15-10-5-6-11-17(15)23-21-16/h5-11H,3-4,12H2,1-2H3,(H,20,22). The van der Waals surface area contributed by atoms with Gasteiger partial charge in [0.05, 0.1) is 6.42 Å². The van der Waals surface area contributed by atoms with Crippen molar-refractivity contribution in [3.63, 3.8) is 0 Å². The van der Waals surface area contributed by atoms with E-state index in [-0.39, 0.29) is 12.3 Å². The second kappa shape index (κ2) is 6.65. The Labute approximate surface area is 135 Å². The molecule has 4 nitrogen and oxygen atoms in total. The number of nitrogens with zero attached hydrogens (tertiary/aromatic N) is 1. The molecule has 0 saturated carbocycles. The van der Waals surface area contributed by atoms with Crippen LogP contribution in [0.25, 0.3) is 11.0 Å². The Kier molecular flexibility index (Phi) is 4.42. The van der Waals surface area contributed by atoms with E-state index in [1.54, 1.807) is 0 Å². The summed E-state index contributed by atoms with van der Waals surface area (Å²) in [5, 5.41) is 7.98. The highest BCUT2D eigenvalue weighted by atomic mass is 16.5. The predicted molar refractivity (Wildman–Crippen MR) is 91.5 cm³/mol. The highest BCUT2D eigenvalue weighted by Crippen LogP contribution is 2.23. The summed E-state index contributed by atoms with van der Waals surface area (Å²) in [4.78, 5) is 12.5. The molecule has 0 aliphatic heterocycles. The Hall–Kier alpha value is -2.62. The van der Waals surface area contributed by atoms with Crippen molar-refractivity contribution in [3.8, 4) is 0 Å². The third-order valence-electron chi connectivity index (χ3n) is 4.04. The van der Waals surface area contributed by atoms with Crippen molar-refractivity contribution in [1.29, 1.82) is 0 Å². The number of carbonyl (C=O) groups excluding carboxylic acids is 1.